The lowest BCUT2D eigenvalue weighted by molar-refractivity contribution is -0.131. The topological polar surface area (TPSA) is 158 Å². The van der Waals surface area contributed by atoms with Gasteiger partial charge in [-0.15, -0.1) is 0 Å². The summed E-state index contributed by atoms with van der Waals surface area (Å²) >= 11 is 0. The summed E-state index contributed by atoms with van der Waals surface area (Å²) in [5.74, 6) is -1.25. The summed E-state index contributed by atoms with van der Waals surface area (Å²) in [7, 11) is 1.65. The number of nitrogens with one attached hydrogen (secondary N) is 5. The van der Waals surface area contributed by atoms with Crippen LogP contribution in [0.25, 0.3) is 0 Å². The molecule has 42 heavy (non-hydrogen) atoms. The lowest BCUT2D eigenvalue weighted by atomic mass is 10.0. The molecule has 11 heteroatoms. The number of likely N-dealkylation sites (N-methyl/N-ethyl adjacent to an activating group) is 1. The first kappa shape index (κ1) is 31.8. The molecule has 6 N–H and O–H groups in total. The molecular formula is C31H37N5O6. The van der Waals surface area contributed by atoms with Crippen molar-refractivity contribution in [2.75, 3.05) is 17.7 Å². The largest absolute Gasteiger partial charge is 0.444 e. The van der Waals surface area contributed by atoms with Crippen LogP contribution < -0.4 is 26.6 Å². The van der Waals surface area contributed by atoms with Gasteiger partial charge in [0.25, 0.3) is 0 Å². The minimum absolute atomic E-state index is 0.0158. The zero-order valence-electron chi connectivity index (χ0n) is 23.8. The van der Waals surface area contributed by atoms with E-state index in [9.17, 15) is 19.2 Å². The number of anilines is 2. The first-order valence-electron chi connectivity index (χ1n) is 13.5. The molecule has 0 spiro atoms. The van der Waals surface area contributed by atoms with Crippen LogP contribution in [0.5, 0.6) is 0 Å². The van der Waals surface area contributed by atoms with E-state index < -0.39 is 36.0 Å². The summed E-state index contributed by atoms with van der Waals surface area (Å²) < 4.78 is 5.24. The molecule has 0 aliphatic rings. The Balaban J connectivity index is 1.51. The lowest BCUT2D eigenvalue weighted by Crippen LogP contribution is -2.55. The van der Waals surface area contributed by atoms with Crippen molar-refractivity contribution in [1.29, 1.82) is 0 Å². The Kier molecular flexibility index (Phi) is 12.0. The Morgan fingerprint density at radius 2 is 1.29 bits per heavy atom. The highest BCUT2D eigenvalue weighted by molar-refractivity contribution is 5.98. The fourth-order valence-corrected chi connectivity index (χ4v) is 3.80. The number of hydrogen-bond acceptors (Lipinski definition) is 7. The highest BCUT2D eigenvalue weighted by Crippen LogP contribution is 2.13. The molecule has 0 aromatic heterocycles. The van der Waals surface area contributed by atoms with Gasteiger partial charge in [0.1, 0.15) is 18.7 Å². The Morgan fingerprint density at radius 1 is 0.690 bits per heavy atom. The number of rotatable bonds is 13. The van der Waals surface area contributed by atoms with E-state index >= 15 is 0 Å². The summed E-state index contributed by atoms with van der Waals surface area (Å²) in [5.41, 5.74) is 3.34. The van der Waals surface area contributed by atoms with Gasteiger partial charge in [0.2, 0.25) is 17.7 Å². The number of benzene rings is 3. The molecule has 0 aliphatic heterocycles. The van der Waals surface area contributed by atoms with Crippen LogP contribution >= 0.6 is 0 Å². The van der Waals surface area contributed by atoms with Gasteiger partial charge in [0.05, 0.1) is 12.6 Å². The van der Waals surface area contributed by atoms with Crippen molar-refractivity contribution in [3.63, 3.8) is 0 Å². The summed E-state index contributed by atoms with van der Waals surface area (Å²) in [6.07, 6.45) is -0.364. The third-order valence-electron chi connectivity index (χ3n) is 6.47. The number of amides is 4. The Labute approximate surface area is 245 Å². The molecule has 0 bridgehead atoms. The minimum atomic E-state index is -0.882. The summed E-state index contributed by atoms with van der Waals surface area (Å²) in [5, 5.41) is 22.8. The van der Waals surface area contributed by atoms with Crippen LogP contribution in [0.1, 0.15) is 30.5 Å². The predicted octanol–water partition coefficient (Wildman–Crippen LogP) is 2.71. The minimum Gasteiger partial charge on any atom is -0.444 e. The maximum Gasteiger partial charge on any atom is 0.411 e. The van der Waals surface area contributed by atoms with Gasteiger partial charge in [0, 0.05) is 17.8 Å². The highest BCUT2D eigenvalue weighted by atomic mass is 16.5. The Bertz CT molecular complexity index is 1330. The van der Waals surface area contributed by atoms with Gasteiger partial charge in [-0.3, -0.25) is 19.7 Å². The summed E-state index contributed by atoms with van der Waals surface area (Å²) in [4.78, 5) is 50.5. The van der Waals surface area contributed by atoms with Crippen LogP contribution in [-0.2, 0) is 38.8 Å². The molecule has 222 valence electrons. The number of aliphatic hydroxyl groups is 1. The number of hydrogen-bond donors (Lipinski definition) is 6. The van der Waals surface area contributed by atoms with Gasteiger partial charge >= 0.3 is 6.09 Å². The smallest absolute Gasteiger partial charge is 0.411 e. The van der Waals surface area contributed by atoms with Gasteiger partial charge in [-0.1, -0.05) is 54.6 Å². The van der Waals surface area contributed by atoms with E-state index in [0.717, 1.165) is 11.1 Å². The molecule has 3 aromatic carbocycles. The number of aliphatic hydroxyl groups excluding tert-OH is 1. The van der Waals surface area contributed by atoms with Crippen LogP contribution in [0.15, 0.2) is 78.9 Å². The highest BCUT2D eigenvalue weighted by Gasteiger charge is 2.26. The van der Waals surface area contributed by atoms with Crippen LogP contribution in [0.3, 0.4) is 0 Å². The molecule has 4 amide bonds. The van der Waals surface area contributed by atoms with E-state index in [-0.39, 0.29) is 25.5 Å². The number of carbonyl (C=O) groups is 4. The second-order valence-electron chi connectivity index (χ2n) is 9.73. The number of carbonyl (C=O) groups excluding carboxylic acids is 4. The van der Waals surface area contributed by atoms with E-state index in [0.29, 0.717) is 16.9 Å². The average Bonchev–Trinajstić information content (AvgIpc) is 3.00. The molecule has 0 saturated carbocycles. The van der Waals surface area contributed by atoms with Crippen LogP contribution in [0.4, 0.5) is 16.2 Å². The second kappa shape index (κ2) is 15.9. The lowest BCUT2D eigenvalue weighted by Gasteiger charge is -2.23. The zero-order valence-corrected chi connectivity index (χ0v) is 23.8. The van der Waals surface area contributed by atoms with Gasteiger partial charge in [-0.05, 0) is 61.9 Å². The SMILES string of the molecule is CNC(C)C(=O)N[C@@H](Cc1ccccc1)C(=O)N[C@@H](C)C(=O)Nc1ccc(COC(=O)Nc2ccc(CO)cc2)cc1. The fraction of sp³-hybridized carbons (Fsp3) is 0.290. The first-order chi connectivity index (χ1) is 20.2. The fourth-order valence-electron chi connectivity index (χ4n) is 3.80. The molecule has 0 aliphatic carbocycles. The molecule has 0 saturated heterocycles. The third kappa shape index (κ3) is 10.0. The van der Waals surface area contributed by atoms with Crippen molar-refractivity contribution >= 4 is 35.2 Å². The zero-order chi connectivity index (χ0) is 30.5. The van der Waals surface area contributed by atoms with Gasteiger partial charge < -0.3 is 31.1 Å². The monoisotopic (exact) mass is 575 g/mol. The van der Waals surface area contributed by atoms with E-state index in [1.807, 2.05) is 30.3 Å². The maximum atomic E-state index is 13.1. The van der Waals surface area contributed by atoms with Gasteiger partial charge in [-0.2, -0.15) is 0 Å². The summed E-state index contributed by atoms with van der Waals surface area (Å²) in [6, 6.07) is 20.5. The molecule has 3 rings (SSSR count). The van der Waals surface area contributed by atoms with Gasteiger partial charge in [-0.25, -0.2) is 4.79 Å². The molecule has 0 heterocycles. The van der Waals surface area contributed by atoms with Crippen molar-refractivity contribution in [2.24, 2.45) is 0 Å². The predicted molar refractivity (Wildman–Crippen MR) is 159 cm³/mol. The van der Waals surface area contributed by atoms with Crippen molar-refractivity contribution in [1.82, 2.24) is 16.0 Å². The molecular weight excluding hydrogens is 538 g/mol. The van der Waals surface area contributed by atoms with E-state index in [4.69, 9.17) is 9.84 Å². The molecule has 1 unspecified atom stereocenters. The van der Waals surface area contributed by atoms with E-state index in [1.165, 1.54) is 0 Å². The van der Waals surface area contributed by atoms with Crippen LogP contribution in [0, 0.1) is 0 Å². The van der Waals surface area contributed by atoms with Crippen molar-refractivity contribution in [3.05, 3.63) is 95.6 Å². The maximum absolute atomic E-state index is 13.1. The second-order valence-corrected chi connectivity index (χ2v) is 9.73. The molecule has 0 radical (unpaired) electrons. The molecule has 11 nitrogen and oxygen atoms in total. The summed E-state index contributed by atoms with van der Waals surface area (Å²) in [6.45, 7) is 3.18. The van der Waals surface area contributed by atoms with Crippen molar-refractivity contribution in [3.8, 4) is 0 Å². The van der Waals surface area contributed by atoms with Crippen molar-refractivity contribution < 1.29 is 29.0 Å². The molecule has 0 fully saturated rings. The molecule has 3 aromatic rings. The van der Waals surface area contributed by atoms with E-state index in [1.54, 1.807) is 69.4 Å². The van der Waals surface area contributed by atoms with Crippen molar-refractivity contribution in [2.45, 2.75) is 51.6 Å². The number of ether oxygens (including phenoxy) is 1. The van der Waals surface area contributed by atoms with Crippen LogP contribution in [0.2, 0.25) is 0 Å². The standard InChI is InChI=1S/C31H37N5O6/c1-20(32-3)28(38)36-27(17-22-7-5-4-6-8-22)30(40)33-21(2)29(39)34-25-15-11-24(12-16-25)19-42-31(41)35-26-13-9-23(18-37)10-14-26/h4-16,20-21,27,32,37H,17-19H2,1-3H3,(H,33,40)(H,34,39)(H,35,41)(H,36,38)/t20?,21-,27-/m0/s1. The van der Waals surface area contributed by atoms with E-state index in [2.05, 4.69) is 26.6 Å². The quantitative estimate of drug-likeness (QED) is 0.183. The third-order valence-corrected chi connectivity index (χ3v) is 6.47. The molecule has 3 atom stereocenters. The van der Waals surface area contributed by atoms with Crippen LogP contribution in [-0.4, -0.2) is 54.1 Å². The Hall–Kier alpha value is -4.74. The first-order valence-corrected chi connectivity index (χ1v) is 13.5. The van der Waals surface area contributed by atoms with Gasteiger partial charge in [0.15, 0.2) is 0 Å². The normalized spacial score (nSPS) is 12.8. The Morgan fingerprint density at radius 3 is 1.88 bits per heavy atom. The average molecular weight is 576 g/mol.